The van der Waals surface area contributed by atoms with E-state index in [2.05, 4.69) is 26.8 Å². The van der Waals surface area contributed by atoms with E-state index in [0.29, 0.717) is 18.1 Å². The first kappa shape index (κ1) is 17.8. The van der Waals surface area contributed by atoms with Crippen molar-refractivity contribution in [2.45, 2.75) is 51.6 Å². The van der Waals surface area contributed by atoms with Crippen LogP contribution in [0.2, 0.25) is 0 Å². The number of nitrogens with one attached hydrogen (secondary N) is 2. The summed E-state index contributed by atoms with van der Waals surface area (Å²) in [5.74, 6) is 0.522. The molecule has 0 aromatic heterocycles. The predicted molar refractivity (Wildman–Crippen MR) is 91.7 cm³/mol. The Bertz CT molecular complexity index is 544. The third kappa shape index (κ3) is 6.22. The van der Waals surface area contributed by atoms with Crippen molar-refractivity contribution < 1.29 is 14.3 Å². The Morgan fingerprint density at radius 1 is 1.26 bits per heavy atom. The van der Waals surface area contributed by atoms with Crippen LogP contribution in [0.5, 0.6) is 5.75 Å². The second-order valence-electron chi connectivity index (χ2n) is 5.96. The third-order valence-corrected chi connectivity index (χ3v) is 4.50. The summed E-state index contributed by atoms with van der Waals surface area (Å²) in [4.78, 5) is 23.8. The van der Waals surface area contributed by atoms with E-state index in [1.165, 1.54) is 19.3 Å². The standard InChI is InChI=1S/C17H23BrN2O3/c1-12(23-15-9-5-8-14(18)11-15)17(22)20-19-16(21)10-13-6-3-2-4-7-13/h5,8-9,11-13H,2-4,6-7,10H2,1H3,(H,19,21)(H,20,22). The minimum Gasteiger partial charge on any atom is -0.481 e. The molecule has 1 unspecified atom stereocenters. The summed E-state index contributed by atoms with van der Waals surface area (Å²) in [7, 11) is 0. The number of hydrogen-bond donors (Lipinski definition) is 2. The van der Waals surface area contributed by atoms with Crippen molar-refractivity contribution >= 4 is 27.7 Å². The number of benzene rings is 1. The summed E-state index contributed by atoms with van der Waals surface area (Å²) < 4.78 is 6.42. The minimum atomic E-state index is -0.695. The number of amides is 2. The summed E-state index contributed by atoms with van der Waals surface area (Å²) in [6.45, 7) is 1.64. The van der Waals surface area contributed by atoms with Gasteiger partial charge in [-0.05, 0) is 43.9 Å². The van der Waals surface area contributed by atoms with Gasteiger partial charge in [0.15, 0.2) is 6.10 Å². The Kier molecular flexibility index (Phi) is 6.89. The van der Waals surface area contributed by atoms with Gasteiger partial charge in [-0.15, -0.1) is 0 Å². The van der Waals surface area contributed by atoms with Gasteiger partial charge in [0.2, 0.25) is 5.91 Å². The Balaban J connectivity index is 1.71. The molecule has 2 rings (SSSR count). The Morgan fingerprint density at radius 2 is 2.00 bits per heavy atom. The Labute approximate surface area is 145 Å². The van der Waals surface area contributed by atoms with E-state index in [1.54, 1.807) is 19.1 Å². The van der Waals surface area contributed by atoms with Gasteiger partial charge in [0, 0.05) is 10.9 Å². The lowest BCUT2D eigenvalue weighted by Gasteiger charge is -2.21. The highest BCUT2D eigenvalue weighted by atomic mass is 79.9. The summed E-state index contributed by atoms with van der Waals surface area (Å²) in [6.07, 6.45) is 5.64. The monoisotopic (exact) mass is 382 g/mol. The molecule has 1 saturated carbocycles. The molecule has 2 N–H and O–H groups in total. The number of ether oxygens (including phenoxy) is 1. The molecule has 0 aliphatic heterocycles. The van der Waals surface area contributed by atoms with Crippen LogP contribution < -0.4 is 15.6 Å². The summed E-state index contributed by atoms with van der Waals surface area (Å²) in [5, 5.41) is 0. The van der Waals surface area contributed by atoms with Crippen LogP contribution in [0, 0.1) is 5.92 Å². The molecule has 0 bridgehead atoms. The van der Waals surface area contributed by atoms with Gasteiger partial charge in [0.05, 0.1) is 0 Å². The third-order valence-electron chi connectivity index (χ3n) is 4.00. The van der Waals surface area contributed by atoms with E-state index in [0.717, 1.165) is 17.3 Å². The number of halogens is 1. The van der Waals surface area contributed by atoms with Crippen molar-refractivity contribution in [2.24, 2.45) is 5.92 Å². The van der Waals surface area contributed by atoms with Crippen molar-refractivity contribution in [1.29, 1.82) is 0 Å². The average Bonchev–Trinajstić information content (AvgIpc) is 2.53. The number of carbonyl (C=O) groups is 2. The van der Waals surface area contributed by atoms with E-state index in [1.807, 2.05) is 12.1 Å². The van der Waals surface area contributed by atoms with Crippen LogP contribution in [0.1, 0.15) is 45.4 Å². The second kappa shape index (κ2) is 8.91. The first-order valence-electron chi connectivity index (χ1n) is 8.05. The molecular formula is C17H23BrN2O3. The zero-order valence-electron chi connectivity index (χ0n) is 13.3. The molecule has 1 atom stereocenters. The van der Waals surface area contributed by atoms with Crippen molar-refractivity contribution in [2.75, 3.05) is 0 Å². The summed E-state index contributed by atoms with van der Waals surface area (Å²) in [6, 6.07) is 7.26. The predicted octanol–water partition coefficient (Wildman–Crippen LogP) is 3.33. The lowest BCUT2D eigenvalue weighted by Crippen LogP contribution is -2.47. The van der Waals surface area contributed by atoms with Crippen molar-refractivity contribution in [3.8, 4) is 5.75 Å². The minimum absolute atomic E-state index is 0.139. The first-order chi connectivity index (χ1) is 11.0. The lowest BCUT2D eigenvalue weighted by atomic mass is 9.87. The molecule has 1 aromatic carbocycles. The van der Waals surface area contributed by atoms with Crippen molar-refractivity contribution in [3.63, 3.8) is 0 Å². The Morgan fingerprint density at radius 3 is 2.70 bits per heavy atom. The smallest absolute Gasteiger partial charge is 0.279 e. The number of carbonyl (C=O) groups excluding carboxylic acids is 2. The summed E-state index contributed by atoms with van der Waals surface area (Å²) >= 11 is 3.35. The normalized spacial score (nSPS) is 16.4. The molecule has 0 saturated heterocycles. The molecule has 6 heteroatoms. The zero-order chi connectivity index (χ0) is 16.7. The molecule has 0 radical (unpaired) electrons. The maximum absolute atomic E-state index is 12.0. The Hall–Kier alpha value is -1.56. The molecule has 23 heavy (non-hydrogen) atoms. The maximum atomic E-state index is 12.0. The van der Waals surface area contributed by atoms with Gasteiger partial charge in [-0.3, -0.25) is 20.4 Å². The van der Waals surface area contributed by atoms with E-state index in [-0.39, 0.29) is 11.8 Å². The zero-order valence-corrected chi connectivity index (χ0v) is 14.9. The van der Waals surface area contributed by atoms with E-state index >= 15 is 0 Å². The first-order valence-corrected chi connectivity index (χ1v) is 8.85. The quantitative estimate of drug-likeness (QED) is 0.767. The SMILES string of the molecule is CC(Oc1cccc(Br)c1)C(=O)NNC(=O)CC1CCCCC1. The van der Waals surface area contributed by atoms with Crippen LogP contribution >= 0.6 is 15.9 Å². The highest BCUT2D eigenvalue weighted by molar-refractivity contribution is 9.10. The topological polar surface area (TPSA) is 67.4 Å². The molecule has 126 valence electrons. The molecular weight excluding hydrogens is 360 g/mol. The van der Waals surface area contributed by atoms with Gasteiger partial charge < -0.3 is 4.74 Å². The van der Waals surface area contributed by atoms with E-state index < -0.39 is 6.10 Å². The fraction of sp³-hybridized carbons (Fsp3) is 0.529. The van der Waals surface area contributed by atoms with Gasteiger partial charge in [-0.1, -0.05) is 41.3 Å². The van der Waals surface area contributed by atoms with Crippen LogP contribution in [-0.2, 0) is 9.59 Å². The van der Waals surface area contributed by atoms with Crippen LogP contribution in [0.3, 0.4) is 0 Å². The van der Waals surface area contributed by atoms with E-state index in [4.69, 9.17) is 4.74 Å². The molecule has 0 spiro atoms. The van der Waals surface area contributed by atoms with Crippen molar-refractivity contribution in [3.05, 3.63) is 28.7 Å². The van der Waals surface area contributed by atoms with Crippen LogP contribution in [-0.4, -0.2) is 17.9 Å². The second-order valence-corrected chi connectivity index (χ2v) is 6.88. The number of rotatable bonds is 5. The summed E-state index contributed by atoms with van der Waals surface area (Å²) in [5.41, 5.74) is 4.91. The lowest BCUT2D eigenvalue weighted by molar-refractivity contribution is -0.133. The molecule has 0 heterocycles. The van der Waals surface area contributed by atoms with Crippen LogP contribution in [0.4, 0.5) is 0 Å². The molecule has 5 nitrogen and oxygen atoms in total. The fourth-order valence-electron chi connectivity index (χ4n) is 2.74. The van der Waals surface area contributed by atoms with Crippen LogP contribution in [0.25, 0.3) is 0 Å². The fourth-order valence-corrected chi connectivity index (χ4v) is 3.11. The number of hydrogen-bond acceptors (Lipinski definition) is 3. The van der Waals surface area contributed by atoms with Gasteiger partial charge in [0.1, 0.15) is 5.75 Å². The van der Waals surface area contributed by atoms with E-state index in [9.17, 15) is 9.59 Å². The molecule has 1 fully saturated rings. The highest BCUT2D eigenvalue weighted by Crippen LogP contribution is 2.26. The maximum Gasteiger partial charge on any atom is 0.279 e. The van der Waals surface area contributed by atoms with Crippen molar-refractivity contribution in [1.82, 2.24) is 10.9 Å². The van der Waals surface area contributed by atoms with Gasteiger partial charge in [-0.2, -0.15) is 0 Å². The van der Waals surface area contributed by atoms with Gasteiger partial charge >= 0.3 is 0 Å². The largest absolute Gasteiger partial charge is 0.481 e. The average molecular weight is 383 g/mol. The van der Waals surface area contributed by atoms with Gasteiger partial charge in [-0.25, -0.2) is 0 Å². The molecule has 2 amide bonds. The highest BCUT2D eigenvalue weighted by Gasteiger charge is 2.19. The molecule has 1 aliphatic rings. The molecule has 1 aliphatic carbocycles. The molecule has 1 aromatic rings. The number of hydrazine groups is 1. The van der Waals surface area contributed by atoms with Gasteiger partial charge in [0.25, 0.3) is 5.91 Å². The van der Waals surface area contributed by atoms with Crippen LogP contribution in [0.15, 0.2) is 28.7 Å².